The number of hydrogen-bond acceptors (Lipinski definition) is 4. The first-order chi connectivity index (χ1) is 14.0. The summed E-state index contributed by atoms with van der Waals surface area (Å²) in [5.74, 6) is -0.536. The molecule has 2 rings (SSSR count). The number of aliphatic carboxylic acids is 1. The Morgan fingerprint density at radius 1 is 1.24 bits per heavy atom. The number of carbonyl (C=O) groups excluding carboxylic acids is 1. The number of hydrogen-bond donors (Lipinski definition) is 2. The van der Waals surface area contributed by atoms with Crippen molar-refractivity contribution in [3.05, 3.63) is 35.4 Å². The lowest BCUT2D eigenvalue weighted by Gasteiger charge is -2.26. The fraction of sp³-hybridized carbons (Fsp3) is 0.652. The van der Waals surface area contributed by atoms with Crippen LogP contribution in [0.25, 0.3) is 0 Å². The van der Waals surface area contributed by atoms with Gasteiger partial charge in [-0.1, -0.05) is 37.1 Å². The van der Waals surface area contributed by atoms with E-state index in [1.807, 2.05) is 23.1 Å². The van der Waals surface area contributed by atoms with Gasteiger partial charge in [0.05, 0.1) is 12.7 Å². The van der Waals surface area contributed by atoms with E-state index in [0.717, 1.165) is 49.8 Å². The Bertz CT molecular complexity index is 648. The van der Waals surface area contributed by atoms with Crippen LogP contribution in [-0.2, 0) is 27.4 Å². The van der Waals surface area contributed by atoms with Gasteiger partial charge < -0.3 is 19.8 Å². The largest absolute Gasteiger partial charge is 0.481 e. The standard InChI is InChI=1S/C23H35NO5/c1-29-17-19-8-6-7-18(15-19)16-21(25)12-10-20-11-13-22(26)24(20)14-5-3-2-4-9-23(27)28/h6-8,15,20-21,25H,2-5,9-14,16-17H2,1H3,(H,27,28)/t20-,21-/m0/s1. The number of aliphatic hydroxyl groups excluding tert-OH is 1. The fourth-order valence-corrected chi connectivity index (χ4v) is 4.08. The van der Waals surface area contributed by atoms with Gasteiger partial charge in [0.25, 0.3) is 0 Å². The third-order valence-electron chi connectivity index (χ3n) is 5.60. The first-order valence-electron chi connectivity index (χ1n) is 10.8. The Hall–Kier alpha value is -1.92. The Morgan fingerprint density at radius 2 is 2.00 bits per heavy atom. The minimum absolute atomic E-state index is 0.210. The van der Waals surface area contributed by atoms with Crippen LogP contribution in [0.2, 0.25) is 0 Å². The van der Waals surface area contributed by atoms with E-state index in [1.165, 1.54) is 0 Å². The average molecular weight is 406 g/mol. The lowest BCUT2D eigenvalue weighted by molar-refractivity contribution is -0.137. The molecule has 0 radical (unpaired) electrons. The lowest BCUT2D eigenvalue weighted by Crippen LogP contribution is -2.34. The number of ether oxygens (including phenoxy) is 1. The molecule has 1 aromatic carbocycles. The highest BCUT2D eigenvalue weighted by molar-refractivity contribution is 5.78. The number of aliphatic hydroxyl groups is 1. The molecule has 162 valence electrons. The summed E-state index contributed by atoms with van der Waals surface area (Å²) in [5.41, 5.74) is 2.21. The molecule has 0 unspecified atom stereocenters. The molecule has 6 nitrogen and oxygen atoms in total. The molecule has 1 aromatic rings. The molecular formula is C23H35NO5. The third kappa shape index (κ3) is 8.54. The van der Waals surface area contributed by atoms with Crippen molar-refractivity contribution < 1.29 is 24.5 Å². The van der Waals surface area contributed by atoms with Crippen molar-refractivity contribution in [2.45, 2.75) is 83.0 Å². The molecule has 1 saturated heterocycles. The molecule has 1 fully saturated rings. The van der Waals surface area contributed by atoms with E-state index in [-0.39, 0.29) is 18.4 Å². The van der Waals surface area contributed by atoms with Crippen LogP contribution in [0.3, 0.4) is 0 Å². The van der Waals surface area contributed by atoms with Gasteiger partial charge in [-0.3, -0.25) is 9.59 Å². The summed E-state index contributed by atoms with van der Waals surface area (Å²) in [6, 6.07) is 8.32. The zero-order valence-electron chi connectivity index (χ0n) is 17.5. The number of methoxy groups -OCH3 is 1. The van der Waals surface area contributed by atoms with Crippen molar-refractivity contribution in [2.75, 3.05) is 13.7 Å². The van der Waals surface area contributed by atoms with Crippen LogP contribution >= 0.6 is 0 Å². The van der Waals surface area contributed by atoms with Gasteiger partial charge in [-0.2, -0.15) is 0 Å². The quantitative estimate of drug-likeness (QED) is 0.462. The topological polar surface area (TPSA) is 87.1 Å². The molecule has 1 aliphatic heterocycles. The minimum atomic E-state index is -0.747. The van der Waals surface area contributed by atoms with E-state index >= 15 is 0 Å². The van der Waals surface area contributed by atoms with Gasteiger partial charge in [-0.15, -0.1) is 0 Å². The molecule has 2 N–H and O–H groups in total. The van der Waals surface area contributed by atoms with Crippen molar-refractivity contribution in [3.63, 3.8) is 0 Å². The molecule has 2 atom stereocenters. The maximum Gasteiger partial charge on any atom is 0.303 e. The van der Waals surface area contributed by atoms with Gasteiger partial charge in [0.2, 0.25) is 5.91 Å². The molecule has 0 spiro atoms. The van der Waals surface area contributed by atoms with Gasteiger partial charge in [0, 0.05) is 32.5 Å². The molecule has 1 aliphatic rings. The molecule has 6 heteroatoms. The van der Waals surface area contributed by atoms with E-state index in [2.05, 4.69) is 6.07 Å². The summed E-state index contributed by atoms with van der Waals surface area (Å²) >= 11 is 0. The van der Waals surface area contributed by atoms with Crippen LogP contribution in [0, 0.1) is 0 Å². The number of benzene rings is 1. The number of rotatable bonds is 14. The monoisotopic (exact) mass is 405 g/mol. The van der Waals surface area contributed by atoms with Crippen LogP contribution < -0.4 is 0 Å². The van der Waals surface area contributed by atoms with Crippen LogP contribution in [0.15, 0.2) is 24.3 Å². The summed E-state index contributed by atoms with van der Waals surface area (Å²) < 4.78 is 5.16. The van der Waals surface area contributed by atoms with Crippen LogP contribution in [0.1, 0.15) is 68.9 Å². The summed E-state index contributed by atoms with van der Waals surface area (Å²) in [5, 5.41) is 19.1. The molecule has 29 heavy (non-hydrogen) atoms. The zero-order valence-corrected chi connectivity index (χ0v) is 17.5. The van der Waals surface area contributed by atoms with Gasteiger partial charge in [0.1, 0.15) is 0 Å². The van der Waals surface area contributed by atoms with E-state index in [9.17, 15) is 14.7 Å². The fourth-order valence-electron chi connectivity index (χ4n) is 4.08. The number of carboxylic acids is 1. The normalized spacial score (nSPS) is 17.7. The predicted octanol–water partition coefficient (Wildman–Crippen LogP) is 3.54. The second-order valence-corrected chi connectivity index (χ2v) is 8.03. The Labute approximate surface area is 173 Å². The van der Waals surface area contributed by atoms with Crippen LogP contribution in [-0.4, -0.2) is 52.8 Å². The molecule has 1 heterocycles. The highest BCUT2D eigenvalue weighted by atomic mass is 16.5. The highest BCUT2D eigenvalue weighted by Crippen LogP contribution is 2.24. The van der Waals surface area contributed by atoms with E-state index in [4.69, 9.17) is 9.84 Å². The molecule has 0 saturated carbocycles. The van der Waals surface area contributed by atoms with E-state index in [0.29, 0.717) is 32.3 Å². The number of nitrogens with zero attached hydrogens (tertiary/aromatic N) is 1. The van der Waals surface area contributed by atoms with Crippen LogP contribution in [0.5, 0.6) is 0 Å². The van der Waals surface area contributed by atoms with Gasteiger partial charge in [-0.25, -0.2) is 0 Å². The SMILES string of the molecule is COCc1cccc(C[C@@H](O)CC[C@H]2CCC(=O)N2CCCCCCC(=O)O)c1. The summed E-state index contributed by atoms with van der Waals surface area (Å²) in [7, 11) is 1.67. The molecule has 0 bridgehead atoms. The first kappa shape index (κ1) is 23.4. The average Bonchev–Trinajstić information content (AvgIpc) is 3.03. The van der Waals surface area contributed by atoms with Crippen molar-refractivity contribution in [3.8, 4) is 0 Å². The number of amides is 1. The Balaban J connectivity index is 1.71. The maximum absolute atomic E-state index is 12.2. The molecule has 0 aromatic heterocycles. The van der Waals surface area contributed by atoms with E-state index < -0.39 is 12.1 Å². The van der Waals surface area contributed by atoms with Gasteiger partial charge in [0.15, 0.2) is 0 Å². The van der Waals surface area contributed by atoms with E-state index in [1.54, 1.807) is 7.11 Å². The number of carbonyl (C=O) groups is 2. The zero-order chi connectivity index (χ0) is 21.1. The predicted molar refractivity (Wildman–Crippen MR) is 112 cm³/mol. The Morgan fingerprint density at radius 3 is 2.76 bits per heavy atom. The summed E-state index contributed by atoms with van der Waals surface area (Å²) in [6.45, 7) is 1.31. The number of carboxylic acid groups (broad SMARTS) is 1. The lowest BCUT2D eigenvalue weighted by atomic mass is 9.99. The van der Waals surface area contributed by atoms with Crippen molar-refractivity contribution in [1.29, 1.82) is 0 Å². The second kappa shape index (κ2) is 12.6. The molecule has 1 amide bonds. The minimum Gasteiger partial charge on any atom is -0.481 e. The highest BCUT2D eigenvalue weighted by Gasteiger charge is 2.30. The Kier molecular flexibility index (Phi) is 10.2. The second-order valence-electron chi connectivity index (χ2n) is 8.03. The van der Waals surface area contributed by atoms with Gasteiger partial charge >= 0.3 is 5.97 Å². The maximum atomic E-state index is 12.2. The third-order valence-corrected chi connectivity index (χ3v) is 5.60. The number of unbranched alkanes of at least 4 members (excludes halogenated alkanes) is 3. The van der Waals surface area contributed by atoms with Crippen molar-refractivity contribution in [1.82, 2.24) is 4.90 Å². The van der Waals surface area contributed by atoms with Crippen molar-refractivity contribution in [2.24, 2.45) is 0 Å². The van der Waals surface area contributed by atoms with Crippen LogP contribution in [0.4, 0.5) is 0 Å². The first-order valence-corrected chi connectivity index (χ1v) is 10.8. The summed E-state index contributed by atoms with van der Waals surface area (Å²) in [6.07, 6.45) is 6.84. The smallest absolute Gasteiger partial charge is 0.303 e. The van der Waals surface area contributed by atoms with Crippen molar-refractivity contribution >= 4 is 11.9 Å². The molecular weight excluding hydrogens is 370 g/mol. The molecule has 0 aliphatic carbocycles. The number of likely N-dealkylation sites (tertiary alicyclic amines) is 1. The van der Waals surface area contributed by atoms with Gasteiger partial charge in [-0.05, 0) is 49.7 Å². The summed E-state index contributed by atoms with van der Waals surface area (Å²) in [4.78, 5) is 24.7.